The molecule has 1 aliphatic heterocycles. The van der Waals surface area contributed by atoms with Gasteiger partial charge in [-0.05, 0) is 55.0 Å². The van der Waals surface area contributed by atoms with Crippen LogP contribution in [0.25, 0.3) is 6.08 Å². The van der Waals surface area contributed by atoms with E-state index in [1.54, 1.807) is 19.1 Å². The molecule has 2 N–H and O–H groups in total. The number of rotatable bonds is 3. The van der Waals surface area contributed by atoms with Crippen molar-refractivity contribution in [3.63, 3.8) is 0 Å². The molecular weight excluding hydrogens is 397 g/mol. The maximum atomic E-state index is 12.8. The van der Waals surface area contributed by atoms with Gasteiger partial charge in [0.05, 0.1) is 11.3 Å². The number of hydrogen-bond acceptors (Lipinski definition) is 3. The lowest BCUT2D eigenvalue weighted by molar-refractivity contribution is -0.137. The van der Waals surface area contributed by atoms with Crippen LogP contribution in [0, 0.1) is 0 Å². The number of nitrogens with one attached hydrogen (secondary N) is 2. The van der Waals surface area contributed by atoms with Crippen molar-refractivity contribution in [2.45, 2.75) is 19.2 Å². The molecule has 0 saturated carbocycles. The molecule has 28 heavy (non-hydrogen) atoms. The van der Waals surface area contributed by atoms with Crippen molar-refractivity contribution in [2.75, 3.05) is 10.6 Å². The highest BCUT2D eigenvalue weighted by Crippen LogP contribution is 2.33. The zero-order valence-corrected chi connectivity index (χ0v) is 15.2. The molecule has 0 unspecified atom stereocenters. The number of fused-ring (bicyclic) bond motifs is 1. The first kappa shape index (κ1) is 19.8. The second kappa shape index (κ2) is 7.55. The largest absolute Gasteiger partial charge is 0.479 e. The van der Waals surface area contributed by atoms with Crippen LogP contribution in [0.5, 0.6) is 5.75 Å². The smallest absolute Gasteiger partial charge is 0.416 e. The second-order valence-electron chi connectivity index (χ2n) is 6.02. The normalized spacial score (nSPS) is 16.3. The Morgan fingerprint density at radius 3 is 2.71 bits per heavy atom. The number of amides is 2. The minimum atomic E-state index is -4.51. The van der Waals surface area contributed by atoms with Crippen molar-refractivity contribution in [1.82, 2.24) is 0 Å². The van der Waals surface area contributed by atoms with Gasteiger partial charge in [-0.25, -0.2) is 0 Å². The van der Waals surface area contributed by atoms with Crippen molar-refractivity contribution in [3.8, 4) is 5.75 Å². The Labute approximate surface area is 163 Å². The number of carbonyl (C=O) groups is 2. The maximum Gasteiger partial charge on any atom is 0.416 e. The van der Waals surface area contributed by atoms with E-state index in [-0.39, 0.29) is 16.5 Å². The fourth-order valence-electron chi connectivity index (χ4n) is 2.48. The molecule has 1 atom stereocenters. The van der Waals surface area contributed by atoms with Crippen molar-refractivity contribution >= 4 is 40.9 Å². The summed E-state index contributed by atoms with van der Waals surface area (Å²) in [6.07, 6.45) is -2.87. The summed E-state index contributed by atoms with van der Waals surface area (Å²) in [5, 5.41) is 5.29. The van der Waals surface area contributed by atoms with Crippen molar-refractivity contribution in [3.05, 3.63) is 58.6 Å². The second-order valence-corrected chi connectivity index (χ2v) is 6.42. The molecule has 1 aliphatic rings. The van der Waals surface area contributed by atoms with E-state index in [4.69, 9.17) is 16.3 Å². The Kier molecular flexibility index (Phi) is 5.33. The first-order valence-corrected chi connectivity index (χ1v) is 8.48. The quantitative estimate of drug-likeness (QED) is 0.719. The standard InChI is InChI=1S/C19H14ClF3N2O3/c1-10-18(27)25-15-9-13(4-6-16(15)28-10)24-17(26)7-2-11-8-12(19(21,22)23)3-5-14(11)20/h2-10H,1H3,(H,24,26)(H,25,27)/b7-2+/t10-/m1/s1. The van der Waals surface area contributed by atoms with Gasteiger partial charge in [0.2, 0.25) is 5.91 Å². The lowest BCUT2D eigenvalue weighted by Crippen LogP contribution is -2.34. The van der Waals surface area contributed by atoms with Crippen LogP contribution < -0.4 is 15.4 Å². The highest BCUT2D eigenvalue weighted by Gasteiger charge is 2.30. The molecule has 1 heterocycles. The summed E-state index contributed by atoms with van der Waals surface area (Å²) in [6, 6.07) is 7.53. The molecule has 2 amide bonds. The monoisotopic (exact) mass is 410 g/mol. The third-order valence-corrected chi connectivity index (χ3v) is 4.26. The summed E-state index contributed by atoms with van der Waals surface area (Å²) in [5.74, 6) is -0.420. The molecule has 2 aromatic rings. The average Bonchev–Trinajstić information content (AvgIpc) is 2.61. The van der Waals surface area contributed by atoms with E-state index in [2.05, 4.69) is 10.6 Å². The molecule has 0 aliphatic carbocycles. The number of halogens is 4. The summed E-state index contributed by atoms with van der Waals surface area (Å²) in [4.78, 5) is 23.7. The minimum absolute atomic E-state index is 0.0618. The molecule has 0 radical (unpaired) electrons. The zero-order valence-electron chi connectivity index (χ0n) is 14.4. The number of hydrogen-bond donors (Lipinski definition) is 2. The fourth-order valence-corrected chi connectivity index (χ4v) is 2.66. The first-order chi connectivity index (χ1) is 13.1. The Morgan fingerprint density at radius 2 is 2.00 bits per heavy atom. The topological polar surface area (TPSA) is 67.4 Å². The van der Waals surface area contributed by atoms with Crippen LogP contribution in [0.4, 0.5) is 24.5 Å². The van der Waals surface area contributed by atoms with Crippen LogP contribution in [-0.4, -0.2) is 17.9 Å². The Hall–Kier alpha value is -3.00. The van der Waals surface area contributed by atoms with E-state index in [1.807, 2.05) is 0 Å². The van der Waals surface area contributed by atoms with Gasteiger partial charge < -0.3 is 15.4 Å². The number of ether oxygens (including phenoxy) is 1. The molecule has 3 rings (SSSR count). The summed E-state index contributed by atoms with van der Waals surface area (Å²) in [7, 11) is 0. The van der Waals surface area contributed by atoms with Gasteiger partial charge >= 0.3 is 6.18 Å². The van der Waals surface area contributed by atoms with Crippen molar-refractivity contribution in [2.24, 2.45) is 0 Å². The molecular formula is C19H14ClF3N2O3. The molecule has 0 spiro atoms. The minimum Gasteiger partial charge on any atom is -0.479 e. The van der Waals surface area contributed by atoms with Gasteiger partial charge in [-0.1, -0.05) is 11.6 Å². The van der Waals surface area contributed by atoms with Crippen LogP contribution in [0.1, 0.15) is 18.1 Å². The van der Waals surface area contributed by atoms with Crippen LogP contribution in [0.3, 0.4) is 0 Å². The van der Waals surface area contributed by atoms with Crippen LogP contribution in [-0.2, 0) is 15.8 Å². The highest BCUT2D eigenvalue weighted by atomic mass is 35.5. The van der Waals surface area contributed by atoms with E-state index >= 15 is 0 Å². The lowest BCUT2D eigenvalue weighted by atomic mass is 10.1. The van der Waals surface area contributed by atoms with Gasteiger partial charge in [0.1, 0.15) is 5.75 Å². The lowest BCUT2D eigenvalue weighted by Gasteiger charge is -2.23. The highest BCUT2D eigenvalue weighted by molar-refractivity contribution is 6.32. The zero-order chi connectivity index (χ0) is 20.5. The summed E-state index contributed by atoms with van der Waals surface area (Å²) >= 11 is 5.89. The van der Waals surface area contributed by atoms with E-state index in [0.717, 1.165) is 24.3 Å². The van der Waals surface area contributed by atoms with Crippen LogP contribution >= 0.6 is 11.6 Å². The Balaban J connectivity index is 1.73. The van der Waals surface area contributed by atoms with Gasteiger partial charge in [-0.15, -0.1) is 0 Å². The Morgan fingerprint density at radius 1 is 1.25 bits per heavy atom. The van der Waals surface area contributed by atoms with Gasteiger partial charge in [-0.3, -0.25) is 9.59 Å². The molecule has 0 bridgehead atoms. The molecule has 0 fully saturated rings. The molecule has 0 aromatic heterocycles. The van der Waals surface area contributed by atoms with Crippen LogP contribution in [0.15, 0.2) is 42.5 Å². The van der Waals surface area contributed by atoms with E-state index < -0.39 is 23.8 Å². The average molecular weight is 411 g/mol. The van der Waals surface area contributed by atoms with Crippen molar-refractivity contribution in [1.29, 1.82) is 0 Å². The summed E-state index contributed by atoms with van der Waals surface area (Å²) < 4.78 is 43.8. The summed E-state index contributed by atoms with van der Waals surface area (Å²) in [6.45, 7) is 1.61. The molecule has 146 valence electrons. The molecule has 5 nitrogen and oxygen atoms in total. The SMILES string of the molecule is C[C@H]1Oc2ccc(NC(=O)/C=C/c3cc(C(F)(F)F)ccc3Cl)cc2NC1=O. The predicted molar refractivity (Wildman–Crippen MR) is 99.3 cm³/mol. The fraction of sp³-hybridized carbons (Fsp3) is 0.158. The van der Waals surface area contributed by atoms with E-state index in [9.17, 15) is 22.8 Å². The molecule has 9 heteroatoms. The van der Waals surface area contributed by atoms with Gasteiger partial charge in [0.15, 0.2) is 6.10 Å². The number of alkyl halides is 3. The molecule has 2 aromatic carbocycles. The van der Waals surface area contributed by atoms with Gasteiger partial charge in [0.25, 0.3) is 5.91 Å². The number of carbonyl (C=O) groups excluding carboxylic acids is 2. The first-order valence-electron chi connectivity index (χ1n) is 8.11. The maximum absolute atomic E-state index is 12.8. The molecule has 0 saturated heterocycles. The van der Waals surface area contributed by atoms with E-state index in [0.29, 0.717) is 17.1 Å². The third-order valence-electron chi connectivity index (χ3n) is 3.92. The summed E-state index contributed by atoms with van der Waals surface area (Å²) in [5.41, 5.74) is -0.0175. The number of anilines is 2. The number of benzene rings is 2. The Bertz CT molecular complexity index is 973. The predicted octanol–water partition coefficient (Wildman–Crippen LogP) is 4.73. The third kappa shape index (κ3) is 4.45. The van der Waals surface area contributed by atoms with Crippen LogP contribution in [0.2, 0.25) is 5.02 Å². The van der Waals surface area contributed by atoms with Crippen molar-refractivity contribution < 1.29 is 27.5 Å². The van der Waals surface area contributed by atoms with Gasteiger partial charge in [-0.2, -0.15) is 13.2 Å². The van der Waals surface area contributed by atoms with E-state index in [1.165, 1.54) is 12.1 Å². The van der Waals surface area contributed by atoms with Gasteiger partial charge in [0, 0.05) is 16.8 Å².